The first-order valence-corrected chi connectivity index (χ1v) is 12.8. The first-order valence-electron chi connectivity index (χ1n) is 12.8. The molecule has 0 amide bonds. The first kappa shape index (κ1) is 26.8. The molecule has 0 aromatic heterocycles. The molecule has 38 heavy (non-hydrogen) atoms. The van der Waals surface area contributed by atoms with E-state index in [0.717, 1.165) is 56.1 Å². The fourth-order valence-electron chi connectivity index (χ4n) is 4.62. The molecular weight excluding hydrogens is 472 g/mol. The summed E-state index contributed by atoms with van der Waals surface area (Å²) in [7, 11) is 0. The van der Waals surface area contributed by atoms with Crippen molar-refractivity contribution in [1.82, 2.24) is 0 Å². The Hall–Kier alpha value is -4.26. The fourth-order valence-corrected chi connectivity index (χ4v) is 4.62. The second-order valence-corrected chi connectivity index (χ2v) is 10.1. The van der Waals surface area contributed by atoms with Crippen molar-refractivity contribution >= 4 is 57.0 Å². The lowest BCUT2D eigenvalue weighted by molar-refractivity contribution is -0.112. The molecular formula is C31H36N6O. The van der Waals surface area contributed by atoms with Gasteiger partial charge >= 0.3 is 0 Å². The van der Waals surface area contributed by atoms with E-state index in [-0.39, 0.29) is 18.1 Å². The molecule has 1 unspecified atom stereocenters. The zero-order chi connectivity index (χ0) is 27.9. The predicted octanol–water partition coefficient (Wildman–Crippen LogP) is 6.51. The summed E-state index contributed by atoms with van der Waals surface area (Å²) in [5, 5.41) is 0. The van der Waals surface area contributed by atoms with Gasteiger partial charge in [0.25, 0.3) is 0 Å². The molecule has 0 bridgehead atoms. The minimum atomic E-state index is -0.375. The highest BCUT2D eigenvalue weighted by molar-refractivity contribution is 6.63. The van der Waals surface area contributed by atoms with Crippen LogP contribution in [0.2, 0.25) is 0 Å². The fraction of sp³-hybridized carbons (Fsp3) is 0.290. The Kier molecular flexibility index (Phi) is 7.22. The number of hydrogen-bond acceptors (Lipinski definition) is 7. The van der Waals surface area contributed by atoms with E-state index in [9.17, 15) is 4.79 Å². The molecule has 0 radical (unpaired) electrons. The number of hydrogen-bond donors (Lipinski definition) is 3. The average Bonchev–Trinajstić information content (AvgIpc) is 2.88. The van der Waals surface area contributed by atoms with Crippen molar-refractivity contribution in [2.45, 2.75) is 54.9 Å². The van der Waals surface area contributed by atoms with Gasteiger partial charge in [-0.25, -0.2) is 4.99 Å². The summed E-state index contributed by atoms with van der Waals surface area (Å²) in [4.78, 5) is 28.4. The number of nitrogens with two attached hydrogens (primary N) is 3. The summed E-state index contributed by atoms with van der Waals surface area (Å²) < 4.78 is 0. The number of carbonyl (C=O) groups excluding carboxylic acids is 1. The second-order valence-electron chi connectivity index (χ2n) is 10.1. The van der Waals surface area contributed by atoms with Crippen LogP contribution < -0.4 is 17.2 Å². The van der Waals surface area contributed by atoms with Crippen molar-refractivity contribution in [2.24, 2.45) is 20.9 Å². The summed E-state index contributed by atoms with van der Waals surface area (Å²) >= 11 is 0. The quantitative estimate of drug-likeness (QED) is 0.348. The van der Waals surface area contributed by atoms with Crippen molar-refractivity contribution in [3.63, 3.8) is 0 Å². The third-order valence-electron chi connectivity index (χ3n) is 7.87. The zero-order valence-corrected chi connectivity index (χ0v) is 23.2. The van der Waals surface area contributed by atoms with Crippen molar-refractivity contribution in [3.8, 4) is 0 Å². The third-order valence-corrected chi connectivity index (χ3v) is 7.87. The molecule has 1 fully saturated rings. The summed E-state index contributed by atoms with van der Waals surface area (Å²) in [5.74, 6) is -0.446. The Morgan fingerprint density at radius 1 is 0.579 bits per heavy atom. The highest BCUT2D eigenvalue weighted by Gasteiger charge is 2.34. The lowest BCUT2D eigenvalue weighted by Crippen LogP contribution is -2.40. The Morgan fingerprint density at radius 2 is 0.947 bits per heavy atom. The smallest absolute Gasteiger partial charge is 0.183 e. The Bertz CT molecular complexity index is 1560. The topological polar surface area (TPSA) is 132 Å². The van der Waals surface area contributed by atoms with Crippen molar-refractivity contribution in [3.05, 3.63) is 69.8 Å². The van der Waals surface area contributed by atoms with Gasteiger partial charge < -0.3 is 17.2 Å². The number of nitrogen functional groups attached to an aromatic ring is 3. The molecule has 1 aliphatic rings. The van der Waals surface area contributed by atoms with Crippen LogP contribution in [0.4, 0.5) is 34.1 Å². The van der Waals surface area contributed by atoms with Crippen LogP contribution in [0.1, 0.15) is 46.7 Å². The molecule has 1 aliphatic carbocycles. The minimum Gasteiger partial charge on any atom is -0.399 e. The number of aliphatic imine (C=N–C) groups is 3. The van der Waals surface area contributed by atoms with Gasteiger partial charge in [-0.3, -0.25) is 14.8 Å². The second kappa shape index (κ2) is 10.2. The van der Waals surface area contributed by atoms with Crippen LogP contribution in [0.15, 0.2) is 51.4 Å². The molecule has 0 heterocycles. The SMILES string of the molecule is Cc1c(N)ccc(N=C2CC(=O)C(=Nc3ccc(N)c(C)c3C)C(C)C2=Nc2ccc(N)c(C)c2C)c1C. The molecule has 1 atom stereocenters. The molecule has 0 saturated heterocycles. The molecule has 0 aliphatic heterocycles. The van der Waals surface area contributed by atoms with E-state index in [0.29, 0.717) is 28.5 Å². The first-order chi connectivity index (χ1) is 17.9. The summed E-state index contributed by atoms with van der Waals surface area (Å²) in [6, 6.07) is 11.2. The molecule has 4 rings (SSSR count). The van der Waals surface area contributed by atoms with E-state index in [4.69, 9.17) is 32.2 Å². The highest BCUT2D eigenvalue weighted by atomic mass is 16.1. The van der Waals surface area contributed by atoms with Gasteiger partial charge in [0.15, 0.2) is 5.78 Å². The Morgan fingerprint density at radius 3 is 1.37 bits per heavy atom. The van der Waals surface area contributed by atoms with Gasteiger partial charge in [-0.15, -0.1) is 0 Å². The van der Waals surface area contributed by atoms with E-state index < -0.39 is 0 Å². The number of benzene rings is 3. The molecule has 3 aromatic rings. The standard InChI is InChI=1S/C31H36N6O/c1-15-18(4)25(11-8-22(15)32)35-28-14-29(38)31(37-27-13-10-24(34)17(3)20(27)6)21(7)30(28)36-26-12-9-23(33)16(2)19(26)5/h8-13,21H,14,32-34H2,1-7H3. The number of carbonyl (C=O) groups is 1. The minimum absolute atomic E-state index is 0.0703. The van der Waals surface area contributed by atoms with E-state index in [1.165, 1.54) is 0 Å². The van der Waals surface area contributed by atoms with Crippen molar-refractivity contribution in [1.29, 1.82) is 0 Å². The van der Waals surface area contributed by atoms with Crippen molar-refractivity contribution in [2.75, 3.05) is 17.2 Å². The summed E-state index contributed by atoms with van der Waals surface area (Å²) in [6.45, 7) is 13.8. The Labute approximate surface area is 224 Å². The maximum Gasteiger partial charge on any atom is 0.183 e. The number of rotatable bonds is 3. The molecule has 196 valence electrons. The molecule has 6 N–H and O–H groups in total. The number of ketones is 1. The maximum atomic E-state index is 13.5. The third kappa shape index (κ3) is 4.84. The van der Waals surface area contributed by atoms with Gasteiger partial charge in [0.05, 0.1) is 40.6 Å². The molecule has 7 nitrogen and oxygen atoms in total. The van der Waals surface area contributed by atoms with Gasteiger partial charge in [-0.2, -0.15) is 0 Å². The monoisotopic (exact) mass is 508 g/mol. The van der Waals surface area contributed by atoms with Crippen LogP contribution in [0.3, 0.4) is 0 Å². The lowest BCUT2D eigenvalue weighted by atomic mass is 9.83. The number of nitrogens with zero attached hydrogens (tertiary/aromatic N) is 3. The van der Waals surface area contributed by atoms with Crippen LogP contribution in [0.25, 0.3) is 0 Å². The summed E-state index contributed by atoms with van der Waals surface area (Å²) in [5.41, 5.74) is 30.4. The van der Waals surface area contributed by atoms with E-state index in [1.807, 2.05) is 84.9 Å². The van der Waals surface area contributed by atoms with Gasteiger partial charge in [-0.05, 0) is 111 Å². The van der Waals surface area contributed by atoms with Crippen LogP contribution in [-0.2, 0) is 4.79 Å². The molecule has 1 saturated carbocycles. The zero-order valence-electron chi connectivity index (χ0n) is 23.2. The van der Waals surface area contributed by atoms with Crippen LogP contribution in [-0.4, -0.2) is 22.9 Å². The van der Waals surface area contributed by atoms with E-state index in [1.54, 1.807) is 0 Å². The van der Waals surface area contributed by atoms with Crippen LogP contribution >= 0.6 is 0 Å². The van der Waals surface area contributed by atoms with E-state index >= 15 is 0 Å². The predicted molar refractivity (Wildman–Crippen MR) is 161 cm³/mol. The average molecular weight is 509 g/mol. The van der Waals surface area contributed by atoms with Crippen molar-refractivity contribution < 1.29 is 4.79 Å². The van der Waals surface area contributed by atoms with Crippen LogP contribution in [0.5, 0.6) is 0 Å². The van der Waals surface area contributed by atoms with Crippen LogP contribution in [0, 0.1) is 47.5 Å². The van der Waals surface area contributed by atoms with E-state index in [2.05, 4.69) is 0 Å². The summed E-state index contributed by atoms with van der Waals surface area (Å²) in [6.07, 6.45) is 0.102. The van der Waals surface area contributed by atoms with Gasteiger partial charge in [0, 0.05) is 23.0 Å². The molecule has 3 aromatic carbocycles. The van der Waals surface area contributed by atoms with Gasteiger partial charge in [-0.1, -0.05) is 6.92 Å². The lowest BCUT2D eigenvalue weighted by Gasteiger charge is -2.25. The maximum absolute atomic E-state index is 13.5. The number of anilines is 3. The van der Waals surface area contributed by atoms with Gasteiger partial charge in [0.1, 0.15) is 0 Å². The number of Topliss-reactive ketones (excluding diaryl/α,β-unsaturated/α-hetero) is 1. The molecule has 7 heteroatoms. The molecule has 0 spiro atoms. The van der Waals surface area contributed by atoms with Gasteiger partial charge in [0.2, 0.25) is 0 Å². The normalized spacial score (nSPS) is 19.1. The highest BCUT2D eigenvalue weighted by Crippen LogP contribution is 2.33. The Balaban J connectivity index is 1.91. The largest absolute Gasteiger partial charge is 0.399 e.